The molecule has 0 bridgehead atoms. The molecule has 8 nitrogen and oxygen atoms in total. The van der Waals surface area contributed by atoms with Crippen LogP contribution >= 0.6 is 0 Å². The van der Waals surface area contributed by atoms with Gasteiger partial charge in [-0.05, 0) is 54.8 Å². The topological polar surface area (TPSA) is 132 Å². The van der Waals surface area contributed by atoms with E-state index in [9.17, 15) is 0 Å². The molecule has 0 aliphatic carbocycles. The maximum atomic E-state index is 9.15. The molecule has 0 saturated carbocycles. The van der Waals surface area contributed by atoms with Crippen LogP contribution in [0.25, 0.3) is 22.6 Å². The molecule has 3 heterocycles. The minimum absolute atomic E-state index is 0.124. The monoisotopic (exact) mass is 370 g/mol. The molecule has 0 saturated heterocycles. The molecular formula is C20H18N8. The van der Waals surface area contributed by atoms with Crippen LogP contribution in [0.2, 0.25) is 0 Å². The van der Waals surface area contributed by atoms with Gasteiger partial charge in [0.05, 0.1) is 30.2 Å². The number of pyridine rings is 1. The minimum atomic E-state index is 0.124. The van der Waals surface area contributed by atoms with Crippen LogP contribution in [0.5, 0.6) is 0 Å². The molecule has 0 atom stereocenters. The van der Waals surface area contributed by atoms with Gasteiger partial charge in [-0.1, -0.05) is 0 Å². The average Bonchev–Trinajstić information content (AvgIpc) is 3.06. The largest absolute Gasteiger partial charge is 0.399 e. The molecule has 0 aliphatic heterocycles. The summed E-state index contributed by atoms with van der Waals surface area (Å²) in [6, 6.07) is 9.30. The summed E-state index contributed by atoms with van der Waals surface area (Å²) < 4.78 is 1.93. The molecule has 1 aromatic carbocycles. The van der Waals surface area contributed by atoms with E-state index >= 15 is 0 Å². The Kier molecular flexibility index (Phi) is 4.12. The first-order chi connectivity index (χ1) is 13.5. The molecule has 8 heteroatoms. The van der Waals surface area contributed by atoms with Gasteiger partial charge in [0.1, 0.15) is 11.2 Å². The summed E-state index contributed by atoms with van der Waals surface area (Å²) in [5.41, 5.74) is 18.7. The number of hydrogen-bond acceptors (Lipinski definition) is 7. The first-order valence-corrected chi connectivity index (χ1v) is 8.66. The fraction of sp³-hybridized carbons (Fsp3) is 0.150. The highest BCUT2D eigenvalue weighted by Crippen LogP contribution is 2.26. The fourth-order valence-electron chi connectivity index (χ4n) is 3.33. The van der Waals surface area contributed by atoms with Gasteiger partial charge in [-0.2, -0.15) is 10.2 Å². The number of aryl methyl sites for hydroxylation is 2. The molecular weight excluding hydrogens is 352 g/mol. The van der Waals surface area contributed by atoms with E-state index in [-0.39, 0.29) is 5.95 Å². The lowest BCUT2D eigenvalue weighted by Crippen LogP contribution is -2.06. The van der Waals surface area contributed by atoms with Crippen molar-refractivity contribution in [2.45, 2.75) is 20.4 Å². The molecule has 0 amide bonds. The Bertz CT molecular complexity index is 1230. The van der Waals surface area contributed by atoms with Gasteiger partial charge in [0.25, 0.3) is 0 Å². The first kappa shape index (κ1) is 17.4. The lowest BCUT2D eigenvalue weighted by atomic mass is 10.0. The number of nitriles is 1. The number of rotatable bonds is 3. The van der Waals surface area contributed by atoms with E-state index in [1.54, 1.807) is 24.7 Å². The number of imidazole rings is 1. The molecule has 4 N–H and O–H groups in total. The number of anilines is 2. The molecule has 0 aliphatic rings. The predicted molar refractivity (Wildman–Crippen MR) is 107 cm³/mol. The molecule has 0 radical (unpaired) electrons. The van der Waals surface area contributed by atoms with E-state index < -0.39 is 0 Å². The van der Waals surface area contributed by atoms with E-state index in [4.69, 9.17) is 16.7 Å². The van der Waals surface area contributed by atoms with Crippen LogP contribution in [0, 0.1) is 25.2 Å². The number of nitrogens with zero attached hydrogens (tertiary/aromatic N) is 6. The Hall–Kier alpha value is -3.99. The van der Waals surface area contributed by atoms with Gasteiger partial charge in [0, 0.05) is 11.9 Å². The lowest BCUT2D eigenvalue weighted by molar-refractivity contribution is 0.803. The Balaban J connectivity index is 1.85. The van der Waals surface area contributed by atoms with Gasteiger partial charge in [-0.25, -0.2) is 9.97 Å². The summed E-state index contributed by atoms with van der Waals surface area (Å²) in [6.07, 6.45) is 3.28. The molecule has 4 aromatic rings. The molecule has 28 heavy (non-hydrogen) atoms. The highest BCUT2D eigenvalue weighted by Gasteiger charge is 2.16. The standard InChI is InChI=1S/C20H18N8/c1-11-5-14(22)6-12(2)15(11)9-28-10-25-18-17(26-20(23)27-19(18)28)16-7-13(8-21)3-4-24-16/h3-7,10H,9,22H2,1-2H3,(H2,23,26,27). The summed E-state index contributed by atoms with van der Waals surface area (Å²) >= 11 is 0. The quantitative estimate of drug-likeness (QED) is 0.530. The highest BCUT2D eigenvalue weighted by molar-refractivity contribution is 5.87. The summed E-state index contributed by atoms with van der Waals surface area (Å²) in [7, 11) is 0. The average molecular weight is 370 g/mol. The highest BCUT2D eigenvalue weighted by atomic mass is 15.1. The third kappa shape index (κ3) is 2.99. The summed E-state index contributed by atoms with van der Waals surface area (Å²) in [6.45, 7) is 4.64. The molecule has 4 rings (SSSR count). The van der Waals surface area contributed by atoms with Crippen LogP contribution in [0.15, 0.2) is 36.8 Å². The van der Waals surface area contributed by atoms with E-state index in [0.29, 0.717) is 34.7 Å². The Morgan fingerprint density at radius 3 is 2.54 bits per heavy atom. The number of benzene rings is 1. The Labute approximate surface area is 161 Å². The van der Waals surface area contributed by atoms with Gasteiger partial charge in [0.2, 0.25) is 5.95 Å². The molecule has 0 fully saturated rings. The summed E-state index contributed by atoms with van der Waals surface area (Å²) in [5, 5.41) is 9.15. The molecule has 138 valence electrons. The van der Waals surface area contributed by atoms with Crippen molar-refractivity contribution in [2.75, 3.05) is 11.5 Å². The second kappa shape index (κ2) is 6.63. The van der Waals surface area contributed by atoms with Crippen molar-refractivity contribution in [1.82, 2.24) is 24.5 Å². The number of nitrogen functional groups attached to an aromatic ring is 2. The van der Waals surface area contributed by atoms with Crippen molar-refractivity contribution in [3.63, 3.8) is 0 Å². The predicted octanol–water partition coefficient (Wildman–Crippen LogP) is 2.59. The van der Waals surface area contributed by atoms with Crippen LogP contribution in [-0.4, -0.2) is 24.5 Å². The lowest BCUT2D eigenvalue weighted by Gasteiger charge is -2.12. The van der Waals surface area contributed by atoms with Crippen LogP contribution < -0.4 is 11.5 Å². The van der Waals surface area contributed by atoms with Crippen molar-refractivity contribution >= 4 is 22.8 Å². The van der Waals surface area contributed by atoms with Crippen molar-refractivity contribution in [3.05, 3.63) is 59.0 Å². The zero-order valence-corrected chi connectivity index (χ0v) is 15.5. The zero-order valence-electron chi connectivity index (χ0n) is 15.5. The maximum Gasteiger partial charge on any atom is 0.222 e. The van der Waals surface area contributed by atoms with E-state index in [2.05, 4.69) is 26.0 Å². The second-order valence-corrected chi connectivity index (χ2v) is 6.65. The number of nitrogens with two attached hydrogens (primary N) is 2. The molecule has 0 unspecified atom stereocenters. The third-order valence-corrected chi connectivity index (χ3v) is 4.66. The van der Waals surface area contributed by atoms with Gasteiger partial charge >= 0.3 is 0 Å². The Morgan fingerprint density at radius 2 is 1.82 bits per heavy atom. The van der Waals surface area contributed by atoms with E-state index in [1.807, 2.05) is 30.5 Å². The third-order valence-electron chi connectivity index (χ3n) is 4.66. The van der Waals surface area contributed by atoms with Crippen molar-refractivity contribution in [3.8, 4) is 17.5 Å². The van der Waals surface area contributed by atoms with Gasteiger partial charge in [0.15, 0.2) is 5.65 Å². The Morgan fingerprint density at radius 1 is 1.07 bits per heavy atom. The van der Waals surface area contributed by atoms with Gasteiger partial charge in [-0.15, -0.1) is 0 Å². The minimum Gasteiger partial charge on any atom is -0.399 e. The summed E-state index contributed by atoms with van der Waals surface area (Å²) in [5.74, 6) is 0.124. The number of aromatic nitrogens is 5. The van der Waals surface area contributed by atoms with Crippen molar-refractivity contribution in [2.24, 2.45) is 0 Å². The number of fused-ring (bicyclic) bond motifs is 1. The van der Waals surface area contributed by atoms with E-state index in [0.717, 1.165) is 22.4 Å². The second-order valence-electron chi connectivity index (χ2n) is 6.65. The van der Waals surface area contributed by atoms with Crippen LogP contribution in [-0.2, 0) is 6.54 Å². The van der Waals surface area contributed by atoms with Crippen LogP contribution in [0.3, 0.4) is 0 Å². The van der Waals surface area contributed by atoms with Crippen LogP contribution in [0.1, 0.15) is 22.3 Å². The number of hydrogen-bond donors (Lipinski definition) is 2. The van der Waals surface area contributed by atoms with E-state index in [1.165, 1.54) is 0 Å². The van der Waals surface area contributed by atoms with Gasteiger partial charge in [-0.3, -0.25) is 4.98 Å². The molecule has 0 spiro atoms. The van der Waals surface area contributed by atoms with Crippen molar-refractivity contribution in [1.29, 1.82) is 5.26 Å². The molecule has 3 aromatic heterocycles. The van der Waals surface area contributed by atoms with Gasteiger partial charge < -0.3 is 16.0 Å². The fourth-order valence-corrected chi connectivity index (χ4v) is 3.33. The smallest absolute Gasteiger partial charge is 0.222 e. The zero-order chi connectivity index (χ0) is 19.8. The maximum absolute atomic E-state index is 9.15. The SMILES string of the molecule is Cc1cc(N)cc(C)c1Cn1cnc2c(-c3cc(C#N)ccn3)nc(N)nc21. The summed E-state index contributed by atoms with van der Waals surface area (Å²) in [4.78, 5) is 17.5. The van der Waals surface area contributed by atoms with Crippen LogP contribution in [0.4, 0.5) is 11.6 Å². The first-order valence-electron chi connectivity index (χ1n) is 8.66. The normalized spacial score (nSPS) is 10.9. The van der Waals surface area contributed by atoms with Crippen molar-refractivity contribution < 1.29 is 0 Å².